The van der Waals surface area contributed by atoms with Crippen molar-refractivity contribution in [3.05, 3.63) is 89.4 Å². The Morgan fingerprint density at radius 1 is 0.929 bits per heavy atom. The molecule has 3 aromatic carbocycles. The maximum atomic E-state index is 13.1. The number of fused-ring (bicyclic) bond motifs is 1. The Bertz CT molecular complexity index is 959. The number of amides is 2. The minimum Gasteiger partial charge on any atom is -0.378 e. The first-order valence-electron chi connectivity index (χ1n) is 9.38. The van der Waals surface area contributed by atoms with Crippen molar-refractivity contribution in [2.24, 2.45) is 0 Å². The average molecular weight is 392 g/mol. The van der Waals surface area contributed by atoms with Gasteiger partial charge in [0.05, 0.1) is 11.7 Å². The van der Waals surface area contributed by atoms with Crippen molar-refractivity contribution in [1.82, 2.24) is 0 Å². The fraction of sp³-hybridized carbons (Fsp3) is 0.174. The van der Waals surface area contributed by atoms with Crippen LogP contribution >= 0.6 is 11.6 Å². The SMILES string of the molecule is CC1CC(Nc2ccccc2)c2ccccc2N1C(=O)Nc1ccc(Cl)cc1. The number of nitrogens with one attached hydrogen (secondary N) is 2. The van der Waals surface area contributed by atoms with Gasteiger partial charge in [-0.15, -0.1) is 0 Å². The van der Waals surface area contributed by atoms with Crippen molar-refractivity contribution in [3.63, 3.8) is 0 Å². The number of hydrogen-bond donors (Lipinski definition) is 2. The van der Waals surface area contributed by atoms with Crippen LogP contribution in [0.15, 0.2) is 78.9 Å². The Hall–Kier alpha value is -2.98. The van der Waals surface area contributed by atoms with Gasteiger partial charge >= 0.3 is 6.03 Å². The lowest BCUT2D eigenvalue weighted by Gasteiger charge is -2.39. The van der Waals surface area contributed by atoms with E-state index in [-0.39, 0.29) is 18.1 Å². The van der Waals surface area contributed by atoms with Gasteiger partial charge in [0, 0.05) is 22.4 Å². The van der Waals surface area contributed by atoms with Crippen molar-refractivity contribution in [3.8, 4) is 0 Å². The van der Waals surface area contributed by atoms with E-state index >= 15 is 0 Å². The highest BCUT2D eigenvalue weighted by Crippen LogP contribution is 2.39. The fourth-order valence-electron chi connectivity index (χ4n) is 3.71. The van der Waals surface area contributed by atoms with E-state index in [2.05, 4.69) is 35.8 Å². The number of carbonyl (C=O) groups is 1. The van der Waals surface area contributed by atoms with Crippen LogP contribution in [0.25, 0.3) is 0 Å². The molecule has 3 aromatic rings. The van der Waals surface area contributed by atoms with E-state index in [1.807, 2.05) is 41.3 Å². The maximum Gasteiger partial charge on any atom is 0.326 e. The predicted octanol–water partition coefficient (Wildman–Crippen LogP) is 6.32. The van der Waals surface area contributed by atoms with Crippen molar-refractivity contribution in [1.29, 1.82) is 0 Å². The molecule has 4 rings (SSSR count). The molecule has 142 valence electrons. The second kappa shape index (κ2) is 7.95. The van der Waals surface area contributed by atoms with Crippen molar-refractivity contribution < 1.29 is 4.79 Å². The Balaban J connectivity index is 1.60. The van der Waals surface area contributed by atoms with E-state index in [1.54, 1.807) is 24.3 Å². The number of anilines is 3. The quantitative estimate of drug-likeness (QED) is 0.548. The van der Waals surface area contributed by atoms with Gasteiger partial charge < -0.3 is 10.6 Å². The molecular weight excluding hydrogens is 370 g/mol. The van der Waals surface area contributed by atoms with Crippen LogP contribution in [0.4, 0.5) is 21.9 Å². The van der Waals surface area contributed by atoms with Crippen LogP contribution in [-0.2, 0) is 0 Å². The lowest BCUT2D eigenvalue weighted by atomic mass is 9.91. The second-order valence-corrected chi connectivity index (χ2v) is 7.45. The number of halogens is 1. The topological polar surface area (TPSA) is 44.4 Å². The highest BCUT2D eigenvalue weighted by Gasteiger charge is 2.33. The molecule has 1 heterocycles. The summed E-state index contributed by atoms with van der Waals surface area (Å²) in [6.07, 6.45) is 0.819. The molecule has 0 aliphatic carbocycles. The number of carbonyl (C=O) groups excluding carboxylic acids is 1. The molecule has 2 unspecified atom stereocenters. The van der Waals surface area contributed by atoms with Crippen LogP contribution in [-0.4, -0.2) is 12.1 Å². The largest absolute Gasteiger partial charge is 0.378 e. The van der Waals surface area contributed by atoms with Crippen LogP contribution in [0.3, 0.4) is 0 Å². The normalized spacial score (nSPS) is 18.3. The van der Waals surface area contributed by atoms with Gasteiger partial charge in [-0.2, -0.15) is 0 Å². The van der Waals surface area contributed by atoms with Crippen molar-refractivity contribution >= 4 is 34.7 Å². The number of nitrogens with zero attached hydrogens (tertiary/aromatic N) is 1. The molecule has 0 saturated heterocycles. The molecule has 0 aromatic heterocycles. The summed E-state index contributed by atoms with van der Waals surface area (Å²) in [5.74, 6) is 0. The van der Waals surface area contributed by atoms with Gasteiger partial charge in [-0.3, -0.25) is 4.90 Å². The van der Waals surface area contributed by atoms with E-state index in [1.165, 1.54) is 0 Å². The molecule has 0 radical (unpaired) electrons. The molecule has 2 atom stereocenters. The number of hydrogen-bond acceptors (Lipinski definition) is 2. The molecule has 4 nitrogen and oxygen atoms in total. The Morgan fingerprint density at radius 2 is 1.61 bits per heavy atom. The Labute approximate surface area is 170 Å². The third-order valence-corrected chi connectivity index (χ3v) is 5.27. The summed E-state index contributed by atoms with van der Waals surface area (Å²) in [6, 6.07) is 25.5. The zero-order valence-corrected chi connectivity index (χ0v) is 16.4. The molecule has 2 N–H and O–H groups in total. The smallest absolute Gasteiger partial charge is 0.326 e. The summed E-state index contributed by atoms with van der Waals surface area (Å²) in [4.78, 5) is 14.9. The third kappa shape index (κ3) is 3.82. The maximum absolute atomic E-state index is 13.1. The number of para-hydroxylation sites is 2. The standard InChI is InChI=1S/C23H22ClN3O/c1-16-15-21(25-18-7-3-2-4-8-18)20-9-5-6-10-22(20)27(16)23(28)26-19-13-11-17(24)12-14-19/h2-14,16,21,25H,15H2,1H3,(H,26,28). The molecule has 0 bridgehead atoms. The van der Waals surface area contributed by atoms with Gasteiger partial charge in [0.25, 0.3) is 0 Å². The zero-order valence-electron chi connectivity index (χ0n) is 15.6. The molecule has 5 heteroatoms. The van der Waals surface area contributed by atoms with Gasteiger partial charge in [-0.05, 0) is 61.4 Å². The Kier molecular flexibility index (Phi) is 5.22. The molecule has 0 spiro atoms. The van der Waals surface area contributed by atoms with Crippen LogP contribution in [0, 0.1) is 0 Å². The average Bonchev–Trinajstić information content (AvgIpc) is 2.70. The second-order valence-electron chi connectivity index (χ2n) is 7.01. The lowest BCUT2D eigenvalue weighted by molar-refractivity contribution is 0.254. The molecule has 0 saturated carbocycles. The summed E-state index contributed by atoms with van der Waals surface area (Å²) >= 11 is 5.94. The molecule has 1 aliphatic rings. The van der Waals surface area contributed by atoms with E-state index in [9.17, 15) is 4.79 Å². The number of rotatable bonds is 3. The minimum absolute atomic E-state index is 0.0448. The highest BCUT2D eigenvalue weighted by atomic mass is 35.5. The Morgan fingerprint density at radius 3 is 2.36 bits per heavy atom. The minimum atomic E-state index is -0.138. The first-order valence-corrected chi connectivity index (χ1v) is 9.76. The van der Waals surface area contributed by atoms with Crippen LogP contribution in [0.5, 0.6) is 0 Å². The van der Waals surface area contributed by atoms with Gasteiger partial charge in [0.2, 0.25) is 0 Å². The van der Waals surface area contributed by atoms with E-state index in [0.29, 0.717) is 5.02 Å². The van der Waals surface area contributed by atoms with Crippen LogP contribution in [0.1, 0.15) is 24.9 Å². The highest BCUT2D eigenvalue weighted by molar-refractivity contribution is 6.30. The summed E-state index contributed by atoms with van der Waals surface area (Å²) < 4.78 is 0. The van der Waals surface area contributed by atoms with Gasteiger partial charge in [0.15, 0.2) is 0 Å². The van der Waals surface area contributed by atoms with E-state index in [0.717, 1.165) is 29.0 Å². The molecule has 0 fully saturated rings. The molecule has 1 aliphatic heterocycles. The molecule has 2 amide bonds. The van der Waals surface area contributed by atoms with Gasteiger partial charge in [-0.25, -0.2) is 4.79 Å². The van der Waals surface area contributed by atoms with E-state index in [4.69, 9.17) is 11.6 Å². The molecule has 28 heavy (non-hydrogen) atoms. The van der Waals surface area contributed by atoms with Crippen molar-refractivity contribution in [2.45, 2.75) is 25.4 Å². The monoisotopic (exact) mass is 391 g/mol. The summed E-state index contributed by atoms with van der Waals surface area (Å²) in [7, 11) is 0. The van der Waals surface area contributed by atoms with Crippen molar-refractivity contribution in [2.75, 3.05) is 15.5 Å². The lowest BCUT2D eigenvalue weighted by Crippen LogP contribution is -2.46. The third-order valence-electron chi connectivity index (χ3n) is 5.02. The molecular formula is C23H22ClN3O. The van der Waals surface area contributed by atoms with Gasteiger partial charge in [-0.1, -0.05) is 48.0 Å². The van der Waals surface area contributed by atoms with Crippen LogP contribution in [0.2, 0.25) is 5.02 Å². The predicted molar refractivity (Wildman–Crippen MR) is 116 cm³/mol. The fourth-order valence-corrected chi connectivity index (χ4v) is 3.84. The first kappa shape index (κ1) is 18.4. The first-order chi connectivity index (χ1) is 13.6. The van der Waals surface area contributed by atoms with E-state index < -0.39 is 0 Å². The summed E-state index contributed by atoms with van der Waals surface area (Å²) in [6.45, 7) is 2.08. The zero-order chi connectivity index (χ0) is 19.5. The number of urea groups is 1. The van der Waals surface area contributed by atoms with Crippen LogP contribution < -0.4 is 15.5 Å². The summed E-state index contributed by atoms with van der Waals surface area (Å²) in [5, 5.41) is 7.24. The van der Waals surface area contributed by atoms with Gasteiger partial charge in [0.1, 0.15) is 0 Å². The number of benzene rings is 3. The summed E-state index contributed by atoms with van der Waals surface area (Å²) in [5.41, 5.74) is 3.86.